The fourth-order valence-electron chi connectivity index (χ4n) is 3.92. The van der Waals surface area contributed by atoms with Crippen molar-refractivity contribution in [3.05, 3.63) is 34.9 Å². The first-order valence-electron chi connectivity index (χ1n) is 9.45. The van der Waals surface area contributed by atoms with Gasteiger partial charge in [0.15, 0.2) is 5.65 Å². The summed E-state index contributed by atoms with van der Waals surface area (Å²) in [4.78, 5) is 40.8. The summed E-state index contributed by atoms with van der Waals surface area (Å²) in [6.07, 6.45) is 3.72. The van der Waals surface area contributed by atoms with Crippen molar-refractivity contribution in [2.24, 2.45) is 0 Å². The SMILES string of the molecule is Cl.O=C(CCn1nc2ccccn2c1=O)N1CCCC(N2CCNCC2=O)C1. The van der Waals surface area contributed by atoms with Crippen molar-refractivity contribution < 1.29 is 9.59 Å². The van der Waals surface area contributed by atoms with E-state index >= 15 is 0 Å². The normalized spacial score (nSPS) is 20.3. The van der Waals surface area contributed by atoms with Gasteiger partial charge in [0.25, 0.3) is 0 Å². The molecule has 2 aliphatic heterocycles. The lowest BCUT2D eigenvalue weighted by Crippen LogP contribution is -2.57. The molecule has 2 aromatic rings. The minimum atomic E-state index is -0.235. The number of hydrogen-bond acceptors (Lipinski definition) is 5. The van der Waals surface area contributed by atoms with Gasteiger partial charge in [-0.05, 0) is 25.0 Å². The molecule has 2 aromatic heterocycles. The molecule has 0 aliphatic carbocycles. The van der Waals surface area contributed by atoms with Crippen molar-refractivity contribution >= 4 is 29.9 Å². The van der Waals surface area contributed by atoms with E-state index in [9.17, 15) is 14.4 Å². The number of amides is 2. The van der Waals surface area contributed by atoms with E-state index in [0.717, 1.165) is 19.4 Å². The Bertz CT molecular complexity index is 910. The number of fused-ring (bicyclic) bond motifs is 1. The van der Waals surface area contributed by atoms with Crippen LogP contribution in [-0.4, -0.2) is 74.6 Å². The fraction of sp³-hybridized carbons (Fsp3) is 0.556. The molecular formula is C18H25ClN6O3. The number of halogens is 1. The molecule has 1 unspecified atom stereocenters. The first kappa shape index (κ1) is 20.3. The number of piperidine rings is 1. The van der Waals surface area contributed by atoms with Gasteiger partial charge in [-0.15, -0.1) is 17.5 Å². The molecule has 0 bridgehead atoms. The molecule has 2 saturated heterocycles. The molecule has 2 aliphatic rings. The molecule has 1 atom stereocenters. The first-order chi connectivity index (χ1) is 13.1. The number of pyridine rings is 1. The molecule has 0 aromatic carbocycles. The predicted molar refractivity (Wildman–Crippen MR) is 106 cm³/mol. The lowest BCUT2D eigenvalue weighted by atomic mass is 10.0. The van der Waals surface area contributed by atoms with Crippen molar-refractivity contribution in [1.29, 1.82) is 0 Å². The van der Waals surface area contributed by atoms with Gasteiger partial charge in [-0.2, -0.15) is 0 Å². The van der Waals surface area contributed by atoms with Crippen LogP contribution in [0.2, 0.25) is 0 Å². The van der Waals surface area contributed by atoms with Gasteiger partial charge in [-0.3, -0.25) is 14.0 Å². The zero-order valence-electron chi connectivity index (χ0n) is 15.6. The number of likely N-dealkylation sites (tertiary alicyclic amines) is 1. The van der Waals surface area contributed by atoms with Crippen LogP contribution in [0.25, 0.3) is 5.65 Å². The highest BCUT2D eigenvalue weighted by Gasteiger charge is 2.31. The fourth-order valence-corrected chi connectivity index (χ4v) is 3.92. The summed E-state index contributed by atoms with van der Waals surface area (Å²) in [7, 11) is 0. The molecule has 0 spiro atoms. The van der Waals surface area contributed by atoms with Crippen LogP contribution in [0.3, 0.4) is 0 Å². The van der Waals surface area contributed by atoms with E-state index in [2.05, 4.69) is 10.4 Å². The molecule has 152 valence electrons. The smallest absolute Gasteiger partial charge is 0.341 e. The summed E-state index contributed by atoms with van der Waals surface area (Å²) in [6.45, 7) is 3.41. The first-order valence-corrected chi connectivity index (χ1v) is 9.45. The molecule has 28 heavy (non-hydrogen) atoms. The van der Waals surface area contributed by atoms with Crippen LogP contribution in [0.5, 0.6) is 0 Å². The maximum atomic E-state index is 12.7. The van der Waals surface area contributed by atoms with Crippen LogP contribution in [0.15, 0.2) is 29.2 Å². The van der Waals surface area contributed by atoms with Crippen LogP contribution in [0.1, 0.15) is 19.3 Å². The Morgan fingerprint density at radius 1 is 1.25 bits per heavy atom. The zero-order chi connectivity index (χ0) is 18.8. The zero-order valence-corrected chi connectivity index (χ0v) is 16.4. The summed E-state index contributed by atoms with van der Waals surface area (Å²) in [6, 6.07) is 5.45. The molecule has 2 fully saturated rings. The third-order valence-electron chi connectivity index (χ3n) is 5.34. The Morgan fingerprint density at radius 2 is 2.11 bits per heavy atom. The summed E-state index contributed by atoms with van der Waals surface area (Å²) < 4.78 is 2.81. The Morgan fingerprint density at radius 3 is 2.89 bits per heavy atom. The molecular weight excluding hydrogens is 384 g/mol. The summed E-state index contributed by atoms with van der Waals surface area (Å²) in [5.74, 6) is 0.114. The van der Waals surface area contributed by atoms with Crippen molar-refractivity contribution in [2.75, 3.05) is 32.7 Å². The third kappa shape index (κ3) is 4.05. The highest BCUT2D eigenvalue weighted by Crippen LogP contribution is 2.18. The van der Waals surface area contributed by atoms with E-state index in [0.29, 0.717) is 31.8 Å². The highest BCUT2D eigenvalue weighted by atomic mass is 35.5. The maximum Gasteiger partial charge on any atom is 0.350 e. The predicted octanol–water partition coefficient (Wildman–Crippen LogP) is -0.269. The average molecular weight is 409 g/mol. The lowest BCUT2D eigenvalue weighted by Gasteiger charge is -2.41. The van der Waals surface area contributed by atoms with Gasteiger partial charge in [0, 0.05) is 44.8 Å². The summed E-state index contributed by atoms with van der Waals surface area (Å²) in [5, 5.41) is 7.34. The van der Waals surface area contributed by atoms with Gasteiger partial charge < -0.3 is 15.1 Å². The van der Waals surface area contributed by atoms with Gasteiger partial charge in [0.1, 0.15) is 0 Å². The average Bonchev–Trinajstić information content (AvgIpc) is 3.02. The van der Waals surface area contributed by atoms with Crippen molar-refractivity contribution in [3.8, 4) is 0 Å². The van der Waals surface area contributed by atoms with Crippen molar-refractivity contribution in [2.45, 2.75) is 31.8 Å². The van der Waals surface area contributed by atoms with Gasteiger partial charge in [0.05, 0.1) is 13.1 Å². The second-order valence-electron chi connectivity index (χ2n) is 7.08. The largest absolute Gasteiger partial charge is 0.350 e. The summed E-state index contributed by atoms with van der Waals surface area (Å²) in [5.41, 5.74) is 0.339. The number of aryl methyl sites for hydroxylation is 1. The maximum absolute atomic E-state index is 12.7. The number of carbonyl (C=O) groups excluding carboxylic acids is 2. The quantitative estimate of drug-likeness (QED) is 0.752. The van der Waals surface area contributed by atoms with Crippen LogP contribution in [0, 0.1) is 0 Å². The number of aromatic nitrogens is 3. The number of carbonyl (C=O) groups is 2. The van der Waals surface area contributed by atoms with Crippen LogP contribution >= 0.6 is 12.4 Å². The number of hydrogen-bond donors (Lipinski definition) is 1. The Hall–Kier alpha value is -2.39. The molecule has 0 radical (unpaired) electrons. The van der Waals surface area contributed by atoms with Crippen LogP contribution in [0.4, 0.5) is 0 Å². The topological polar surface area (TPSA) is 91.9 Å². The number of piperazine rings is 1. The Kier molecular flexibility index (Phi) is 6.35. The Balaban J connectivity index is 0.00000225. The second-order valence-corrected chi connectivity index (χ2v) is 7.08. The molecule has 9 nitrogen and oxygen atoms in total. The molecule has 2 amide bonds. The standard InChI is InChI=1S/C18H24N6O3.ClH/c25-16(6-10-24-18(27)23-9-2-1-5-15(23)20-24)21-8-3-4-14(13-21)22-11-7-19-12-17(22)26;/h1-2,5,9,14,19H,3-4,6-8,10-13H2;1H. The van der Waals surface area contributed by atoms with Gasteiger partial charge in [-0.1, -0.05) is 6.07 Å². The monoisotopic (exact) mass is 408 g/mol. The van der Waals surface area contributed by atoms with Crippen molar-refractivity contribution in [1.82, 2.24) is 29.3 Å². The van der Waals surface area contributed by atoms with Gasteiger partial charge >= 0.3 is 5.69 Å². The van der Waals surface area contributed by atoms with E-state index in [1.807, 2.05) is 15.9 Å². The number of nitrogens with one attached hydrogen (secondary N) is 1. The number of nitrogens with zero attached hydrogens (tertiary/aromatic N) is 5. The minimum absolute atomic E-state index is 0. The van der Waals surface area contributed by atoms with Gasteiger partial charge in [-0.25, -0.2) is 9.48 Å². The molecule has 4 heterocycles. The molecule has 1 N–H and O–H groups in total. The van der Waals surface area contributed by atoms with Crippen molar-refractivity contribution in [3.63, 3.8) is 0 Å². The van der Waals surface area contributed by atoms with E-state index in [4.69, 9.17) is 0 Å². The van der Waals surface area contributed by atoms with E-state index in [1.54, 1.807) is 18.3 Å². The van der Waals surface area contributed by atoms with E-state index < -0.39 is 0 Å². The number of rotatable bonds is 4. The molecule has 4 rings (SSSR count). The second kappa shape index (κ2) is 8.74. The molecule has 0 saturated carbocycles. The van der Waals surface area contributed by atoms with E-state index in [-0.39, 0.29) is 48.9 Å². The highest BCUT2D eigenvalue weighted by molar-refractivity contribution is 5.85. The van der Waals surface area contributed by atoms with Crippen LogP contribution < -0.4 is 11.0 Å². The third-order valence-corrected chi connectivity index (χ3v) is 5.34. The lowest BCUT2D eigenvalue weighted by molar-refractivity contribution is -0.140. The van der Waals surface area contributed by atoms with E-state index in [1.165, 1.54) is 9.08 Å². The Labute approximate surface area is 168 Å². The summed E-state index contributed by atoms with van der Waals surface area (Å²) >= 11 is 0. The minimum Gasteiger partial charge on any atom is -0.341 e. The van der Waals surface area contributed by atoms with Crippen LogP contribution in [-0.2, 0) is 16.1 Å². The molecule has 10 heteroatoms. The van der Waals surface area contributed by atoms with Gasteiger partial charge in [0.2, 0.25) is 11.8 Å².